The first kappa shape index (κ1) is 16.3. The van der Waals surface area contributed by atoms with Gasteiger partial charge in [0, 0.05) is 11.1 Å². The molecule has 1 N–H and O–H groups in total. The van der Waals surface area contributed by atoms with Crippen LogP contribution in [0.2, 0.25) is 13.1 Å². The predicted molar refractivity (Wildman–Crippen MR) is 97.0 cm³/mol. The molecule has 0 aliphatic heterocycles. The van der Waals surface area contributed by atoms with Crippen molar-refractivity contribution in [1.29, 1.82) is 0 Å². The summed E-state index contributed by atoms with van der Waals surface area (Å²) in [6.07, 6.45) is 6.65. The smallest absolute Gasteiger partial charge is 0.131 e. The van der Waals surface area contributed by atoms with E-state index >= 15 is 0 Å². The topological polar surface area (TPSA) is 12.0 Å². The minimum Gasteiger partial charge on any atom is -0.332 e. The van der Waals surface area contributed by atoms with Gasteiger partial charge in [-0.2, -0.15) is 0 Å². The number of fused-ring (bicyclic) bond motifs is 1. The molecule has 1 aliphatic rings. The van der Waals surface area contributed by atoms with E-state index < -0.39 is 8.24 Å². The summed E-state index contributed by atoms with van der Waals surface area (Å²) in [6.45, 7) is 15.6. The number of hydrogen-bond donors (Lipinski definition) is 1. The van der Waals surface area contributed by atoms with Crippen molar-refractivity contribution < 1.29 is 0 Å². The van der Waals surface area contributed by atoms with Crippen LogP contribution in [-0.2, 0) is 0 Å². The molecule has 1 aromatic carbocycles. The van der Waals surface area contributed by atoms with Gasteiger partial charge in [-0.3, -0.25) is 0 Å². The highest BCUT2D eigenvalue weighted by Crippen LogP contribution is 2.43. The fourth-order valence-corrected chi connectivity index (χ4v) is 8.04. The Kier molecular flexibility index (Phi) is 4.59. The Morgan fingerprint density at radius 3 is 2.52 bits per heavy atom. The standard InChI is InChI=1S/C19H29NSi/c1-7-8-11-16-14-15-12-9-10-13-17(15)18(16)21(5,6)20-19(2,3)4/h7,9-10,12-14,18,20H,1,8,11H2,2-6H3. The molecule has 0 bridgehead atoms. The Hall–Kier alpha value is -1.12. The number of allylic oxidation sites excluding steroid dienone is 2. The quantitative estimate of drug-likeness (QED) is 0.577. The Labute approximate surface area is 131 Å². The lowest BCUT2D eigenvalue weighted by molar-refractivity contribution is 0.508. The van der Waals surface area contributed by atoms with Gasteiger partial charge in [-0.1, -0.05) is 55.1 Å². The zero-order valence-corrected chi connectivity index (χ0v) is 15.2. The predicted octanol–water partition coefficient (Wildman–Crippen LogP) is 5.27. The zero-order chi connectivity index (χ0) is 15.7. The molecule has 0 fully saturated rings. The number of nitrogens with one attached hydrogen (secondary N) is 1. The molecule has 0 radical (unpaired) electrons. The van der Waals surface area contributed by atoms with Crippen LogP contribution in [0.4, 0.5) is 0 Å². The van der Waals surface area contributed by atoms with Gasteiger partial charge < -0.3 is 4.98 Å². The molecule has 1 atom stereocenters. The highest BCUT2D eigenvalue weighted by Gasteiger charge is 2.41. The van der Waals surface area contributed by atoms with Crippen LogP contribution in [0.5, 0.6) is 0 Å². The molecule has 0 heterocycles. The van der Waals surface area contributed by atoms with Crippen LogP contribution in [-0.4, -0.2) is 13.8 Å². The van der Waals surface area contributed by atoms with Gasteiger partial charge in [0.15, 0.2) is 0 Å². The van der Waals surface area contributed by atoms with E-state index in [0.717, 1.165) is 12.8 Å². The average Bonchev–Trinajstić information content (AvgIpc) is 2.72. The van der Waals surface area contributed by atoms with E-state index in [1.807, 2.05) is 6.08 Å². The summed E-state index contributed by atoms with van der Waals surface area (Å²) in [6, 6.07) is 8.90. The van der Waals surface area contributed by atoms with Gasteiger partial charge >= 0.3 is 0 Å². The molecule has 0 saturated carbocycles. The molecule has 0 aromatic heterocycles. The third-order valence-electron chi connectivity index (χ3n) is 4.07. The molecule has 0 spiro atoms. The van der Waals surface area contributed by atoms with Crippen molar-refractivity contribution in [2.75, 3.05) is 0 Å². The summed E-state index contributed by atoms with van der Waals surface area (Å²) < 4.78 is 0. The molecule has 21 heavy (non-hydrogen) atoms. The highest BCUT2D eigenvalue weighted by atomic mass is 28.3. The first-order valence-corrected chi connectivity index (χ1v) is 11.0. The zero-order valence-electron chi connectivity index (χ0n) is 14.2. The molecular weight excluding hydrogens is 270 g/mol. The van der Waals surface area contributed by atoms with Crippen molar-refractivity contribution in [3.63, 3.8) is 0 Å². The van der Waals surface area contributed by atoms with E-state index in [-0.39, 0.29) is 5.54 Å². The van der Waals surface area contributed by atoms with Crippen LogP contribution in [0.25, 0.3) is 6.08 Å². The van der Waals surface area contributed by atoms with E-state index in [2.05, 4.69) is 75.8 Å². The summed E-state index contributed by atoms with van der Waals surface area (Å²) >= 11 is 0. The van der Waals surface area contributed by atoms with Crippen LogP contribution < -0.4 is 4.98 Å². The van der Waals surface area contributed by atoms with Crippen molar-refractivity contribution >= 4 is 14.3 Å². The van der Waals surface area contributed by atoms with Crippen LogP contribution >= 0.6 is 0 Å². The number of hydrogen-bond acceptors (Lipinski definition) is 1. The molecule has 2 heteroatoms. The van der Waals surface area contributed by atoms with Crippen molar-refractivity contribution in [2.45, 2.75) is 57.8 Å². The lowest BCUT2D eigenvalue weighted by Gasteiger charge is -2.39. The minimum absolute atomic E-state index is 0.163. The summed E-state index contributed by atoms with van der Waals surface area (Å²) in [5, 5.41) is 0. The molecule has 1 unspecified atom stereocenters. The van der Waals surface area contributed by atoms with E-state index in [1.54, 1.807) is 5.57 Å². The lowest BCUT2D eigenvalue weighted by Crippen LogP contribution is -2.58. The van der Waals surface area contributed by atoms with Crippen LogP contribution in [0, 0.1) is 0 Å². The second-order valence-corrected chi connectivity index (χ2v) is 12.0. The van der Waals surface area contributed by atoms with Crippen molar-refractivity contribution in [1.82, 2.24) is 4.98 Å². The monoisotopic (exact) mass is 299 g/mol. The fourth-order valence-electron chi connectivity index (χ4n) is 3.76. The maximum atomic E-state index is 3.96. The van der Waals surface area contributed by atoms with Gasteiger partial charge in [0.2, 0.25) is 0 Å². The largest absolute Gasteiger partial charge is 0.332 e. The van der Waals surface area contributed by atoms with Gasteiger partial charge in [-0.05, 0) is 44.7 Å². The Bertz CT molecular complexity index is 549. The molecule has 1 aromatic rings. The molecule has 1 aliphatic carbocycles. The second-order valence-electron chi connectivity index (χ2n) is 7.71. The first-order chi connectivity index (χ1) is 9.74. The average molecular weight is 300 g/mol. The van der Waals surface area contributed by atoms with Gasteiger partial charge in [-0.15, -0.1) is 6.58 Å². The van der Waals surface area contributed by atoms with E-state index in [9.17, 15) is 0 Å². The third-order valence-corrected chi connectivity index (χ3v) is 7.59. The molecule has 0 amide bonds. The third kappa shape index (κ3) is 3.75. The molecule has 0 saturated heterocycles. The maximum absolute atomic E-state index is 3.96. The summed E-state index contributed by atoms with van der Waals surface area (Å²) in [7, 11) is -1.62. The molecule has 2 rings (SSSR count). The Balaban J connectivity index is 2.37. The van der Waals surface area contributed by atoms with E-state index in [1.165, 1.54) is 11.1 Å². The molecule has 1 nitrogen and oxygen atoms in total. The summed E-state index contributed by atoms with van der Waals surface area (Å²) in [4.78, 5) is 3.96. The van der Waals surface area contributed by atoms with Gasteiger partial charge in [0.25, 0.3) is 0 Å². The van der Waals surface area contributed by atoms with Crippen molar-refractivity contribution in [3.05, 3.63) is 53.6 Å². The van der Waals surface area contributed by atoms with E-state index in [0.29, 0.717) is 5.54 Å². The Morgan fingerprint density at radius 1 is 1.24 bits per heavy atom. The molecular formula is C19H29NSi. The van der Waals surface area contributed by atoms with Crippen molar-refractivity contribution in [3.8, 4) is 0 Å². The second kappa shape index (κ2) is 5.94. The fraction of sp³-hybridized carbons (Fsp3) is 0.474. The maximum Gasteiger partial charge on any atom is 0.131 e. The SMILES string of the molecule is C=CCCC1=Cc2ccccc2C1[Si](C)(C)NC(C)(C)C. The van der Waals surface area contributed by atoms with Crippen LogP contribution in [0.3, 0.4) is 0 Å². The van der Waals surface area contributed by atoms with E-state index in [4.69, 9.17) is 0 Å². The summed E-state index contributed by atoms with van der Waals surface area (Å²) in [5.74, 6) is 0. The number of rotatable bonds is 5. The van der Waals surface area contributed by atoms with Gasteiger partial charge in [-0.25, -0.2) is 0 Å². The minimum atomic E-state index is -1.62. The Morgan fingerprint density at radius 2 is 1.90 bits per heavy atom. The first-order valence-electron chi connectivity index (χ1n) is 7.94. The van der Waals surface area contributed by atoms with Crippen LogP contribution in [0.1, 0.15) is 50.3 Å². The highest BCUT2D eigenvalue weighted by molar-refractivity contribution is 6.77. The van der Waals surface area contributed by atoms with Gasteiger partial charge in [0.1, 0.15) is 8.24 Å². The summed E-state index contributed by atoms with van der Waals surface area (Å²) in [5.41, 5.74) is 5.26. The van der Waals surface area contributed by atoms with Gasteiger partial charge in [0.05, 0.1) is 0 Å². The van der Waals surface area contributed by atoms with Crippen LogP contribution in [0.15, 0.2) is 42.5 Å². The normalized spacial score (nSPS) is 18.3. The molecule has 114 valence electrons. The lowest BCUT2D eigenvalue weighted by atomic mass is 10.1. The van der Waals surface area contributed by atoms with Crippen molar-refractivity contribution in [2.24, 2.45) is 0 Å². The number of benzene rings is 1.